The zero-order chi connectivity index (χ0) is 12.5. The minimum atomic E-state index is -4.19. The molecule has 0 radical (unpaired) electrons. The van der Waals surface area contributed by atoms with Crippen molar-refractivity contribution in [3.05, 3.63) is 11.6 Å². The van der Waals surface area contributed by atoms with Gasteiger partial charge < -0.3 is 10.5 Å². The number of primary sulfonamides is 1. The number of anilines is 1. The number of hydrogen-bond donors (Lipinski definition) is 2. The number of sulfonamides is 1. The van der Waals surface area contributed by atoms with Crippen LogP contribution < -0.4 is 15.6 Å². The van der Waals surface area contributed by atoms with Gasteiger partial charge in [0.15, 0.2) is 0 Å². The molecular weight excluding hydrogens is 244 g/mol. The van der Waals surface area contributed by atoms with Crippen LogP contribution in [0.4, 0.5) is 14.6 Å². The van der Waals surface area contributed by atoms with Gasteiger partial charge in [0.25, 0.3) is 6.43 Å². The van der Waals surface area contributed by atoms with Crippen molar-refractivity contribution in [1.29, 1.82) is 0 Å². The van der Waals surface area contributed by atoms with Gasteiger partial charge in [-0.2, -0.15) is 4.98 Å². The molecule has 0 fully saturated rings. The maximum atomic E-state index is 12.4. The minimum absolute atomic E-state index is 0.413. The molecule has 0 aliphatic carbocycles. The zero-order valence-electron chi connectivity index (χ0n) is 8.15. The summed E-state index contributed by atoms with van der Waals surface area (Å²) in [4.78, 5) is 2.77. The monoisotopic (exact) mass is 253 g/mol. The van der Waals surface area contributed by atoms with Crippen LogP contribution in [0, 0.1) is 0 Å². The van der Waals surface area contributed by atoms with Crippen molar-refractivity contribution in [3.8, 4) is 5.88 Å². The molecule has 0 spiro atoms. The summed E-state index contributed by atoms with van der Waals surface area (Å²) in [5, 5.41) is 4.82. The lowest BCUT2D eigenvalue weighted by atomic mass is 10.2. The molecule has 1 aromatic rings. The number of nitrogens with zero attached hydrogens (tertiary/aromatic N) is 1. The fourth-order valence-electron chi connectivity index (χ4n) is 1.03. The van der Waals surface area contributed by atoms with E-state index < -0.39 is 38.6 Å². The Bertz CT molecular complexity index is 504. The highest BCUT2D eigenvalue weighted by Gasteiger charge is 2.22. The van der Waals surface area contributed by atoms with Gasteiger partial charge in [-0.1, -0.05) is 0 Å². The summed E-state index contributed by atoms with van der Waals surface area (Å²) in [5.41, 5.74) is 4.50. The second kappa shape index (κ2) is 4.18. The third-order valence-corrected chi connectivity index (χ3v) is 2.66. The SMILES string of the molecule is COc1nc(N)c(C(F)F)cc1S(N)(=O)=O. The summed E-state index contributed by atoms with van der Waals surface area (Å²) in [7, 11) is -3.07. The molecule has 9 heteroatoms. The van der Waals surface area contributed by atoms with Crippen LogP contribution in [0.5, 0.6) is 5.88 Å². The van der Waals surface area contributed by atoms with Gasteiger partial charge in [-0.3, -0.25) is 0 Å². The van der Waals surface area contributed by atoms with E-state index in [0.717, 1.165) is 7.11 Å². The molecule has 0 saturated carbocycles. The number of halogens is 2. The van der Waals surface area contributed by atoms with Crippen molar-refractivity contribution in [1.82, 2.24) is 4.98 Å². The van der Waals surface area contributed by atoms with Gasteiger partial charge in [0.2, 0.25) is 15.9 Å². The van der Waals surface area contributed by atoms with Crippen molar-refractivity contribution in [2.45, 2.75) is 11.3 Å². The number of hydrogen-bond acceptors (Lipinski definition) is 5. The molecule has 0 unspecified atom stereocenters. The Morgan fingerprint density at radius 2 is 2.06 bits per heavy atom. The molecule has 1 rings (SSSR count). The average Bonchev–Trinajstić information content (AvgIpc) is 2.14. The second-order valence-electron chi connectivity index (χ2n) is 2.82. The zero-order valence-corrected chi connectivity index (χ0v) is 8.96. The van der Waals surface area contributed by atoms with Crippen LogP contribution in [0.25, 0.3) is 0 Å². The predicted molar refractivity (Wildman–Crippen MR) is 51.5 cm³/mol. The maximum Gasteiger partial charge on any atom is 0.267 e. The third kappa shape index (κ3) is 2.36. The molecule has 0 atom stereocenters. The topological polar surface area (TPSA) is 108 Å². The Morgan fingerprint density at radius 1 is 1.50 bits per heavy atom. The van der Waals surface area contributed by atoms with E-state index in [9.17, 15) is 17.2 Å². The van der Waals surface area contributed by atoms with Crippen LogP contribution in [-0.4, -0.2) is 20.5 Å². The summed E-state index contributed by atoms with van der Waals surface area (Å²) in [6, 6.07) is 0.654. The number of alkyl halides is 2. The quantitative estimate of drug-likeness (QED) is 0.803. The Kier molecular flexibility index (Phi) is 3.29. The van der Waals surface area contributed by atoms with Crippen LogP contribution in [0.3, 0.4) is 0 Å². The molecule has 4 N–H and O–H groups in total. The van der Waals surface area contributed by atoms with E-state index in [4.69, 9.17) is 10.9 Å². The lowest BCUT2D eigenvalue weighted by molar-refractivity contribution is 0.151. The molecule has 0 aliphatic heterocycles. The molecule has 90 valence electrons. The van der Waals surface area contributed by atoms with E-state index in [-0.39, 0.29) is 0 Å². The van der Waals surface area contributed by atoms with Crippen LogP contribution in [0.2, 0.25) is 0 Å². The van der Waals surface area contributed by atoms with E-state index in [1.165, 1.54) is 0 Å². The average molecular weight is 253 g/mol. The molecule has 16 heavy (non-hydrogen) atoms. The van der Waals surface area contributed by atoms with Crippen molar-refractivity contribution >= 4 is 15.8 Å². The normalized spacial score (nSPS) is 11.8. The molecule has 1 heterocycles. The summed E-state index contributed by atoms with van der Waals surface area (Å²) in [6.07, 6.45) is -2.95. The Balaban J connectivity index is 3.53. The minimum Gasteiger partial charge on any atom is -0.480 e. The van der Waals surface area contributed by atoms with Crippen LogP contribution in [0.1, 0.15) is 12.0 Å². The van der Waals surface area contributed by atoms with E-state index >= 15 is 0 Å². The first-order valence-corrected chi connectivity index (χ1v) is 5.47. The molecule has 6 nitrogen and oxygen atoms in total. The fraction of sp³-hybridized carbons (Fsp3) is 0.286. The number of pyridine rings is 1. The van der Waals surface area contributed by atoms with Crippen LogP contribution >= 0.6 is 0 Å². The molecule has 0 aliphatic rings. The van der Waals surface area contributed by atoms with Gasteiger partial charge in [-0.15, -0.1) is 0 Å². The van der Waals surface area contributed by atoms with E-state index in [2.05, 4.69) is 9.72 Å². The van der Waals surface area contributed by atoms with Crippen molar-refractivity contribution in [3.63, 3.8) is 0 Å². The predicted octanol–water partition coefficient (Wildman–Crippen LogP) is 0.257. The number of nitrogens with two attached hydrogens (primary N) is 2. The van der Waals surface area contributed by atoms with E-state index in [0.29, 0.717) is 6.07 Å². The maximum absolute atomic E-state index is 12.4. The first-order valence-electron chi connectivity index (χ1n) is 3.92. The van der Waals surface area contributed by atoms with Gasteiger partial charge in [-0.05, 0) is 6.07 Å². The van der Waals surface area contributed by atoms with Gasteiger partial charge in [0.05, 0.1) is 12.7 Å². The number of nitrogen functional groups attached to an aromatic ring is 1. The van der Waals surface area contributed by atoms with E-state index in [1.54, 1.807) is 0 Å². The highest BCUT2D eigenvalue weighted by Crippen LogP contribution is 2.30. The highest BCUT2D eigenvalue weighted by atomic mass is 32.2. The van der Waals surface area contributed by atoms with Crippen LogP contribution in [-0.2, 0) is 10.0 Å². The van der Waals surface area contributed by atoms with Gasteiger partial charge in [0, 0.05) is 0 Å². The molecule has 0 bridgehead atoms. The van der Waals surface area contributed by atoms with Crippen molar-refractivity contribution < 1.29 is 21.9 Å². The number of methoxy groups -OCH3 is 1. The number of ether oxygens (including phenoxy) is 1. The standard InChI is InChI=1S/C7H9F2N3O3S/c1-15-7-4(16(11,13)14)2-3(5(8)9)6(10)12-7/h2,5H,1H3,(H2,10,12)(H2,11,13,14). The van der Waals surface area contributed by atoms with Gasteiger partial charge in [-0.25, -0.2) is 22.3 Å². The smallest absolute Gasteiger partial charge is 0.267 e. The van der Waals surface area contributed by atoms with Crippen molar-refractivity contribution in [2.24, 2.45) is 5.14 Å². The first kappa shape index (κ1) is 12.6. The summed E-state index contributed by atoms with van der Waals surface area (Å²) in [6.45, 7) is 0. The van der Waals surface area contributed by atoms with Gasteiger partial charge in [0.1, 0.15) is 10.7 Å². The number of aromatic nitrogens is 1. The second-order valence-corrected chi connectivity index (χ2v) is 4.35. The lowest BCUT2D eigenvalue weighted by Gasteiger charge is -2.10. The molecular formula is C7H9F2N3O3S. The molecule has 0 saturated heterocycles. The van der Waals surface area contributed by atoms with Gasteiger partial charge >= 0.3 is 0 Å². The largest absolute Gasteiger partial charge is 0.480 e. The lowest BCUT2D eigenvalue weighted by Crippen LogP contribution is -2.15. The third-order valence-electron chi connectivity index (χ3n) is 1.75. The molecule has 1 aromatic heterocycles. The molecule has 0 amide bonds. The highest BCUT2D eigenvalue weighted by molar-refractivity contribution is 7.89. The summed E-state index contributed by atoms with van der Waals surface area (Å²) >= 11 is 0. The summed E-state index contributed by atoms with van der Waals surface area (Å²) in [5.74, 6) is -0.913. The van der Waals surface area contributed by atoms with E-state index in [1.807, 2.05) is 0 Å². The Hall–Kier alpha value is -1.48. The molecule has 0 aromatic carbocycles. The van der Waals surface area contributed by atoms with Crippen LogP contribution in [0.15, 0.2) is 11.0 Å². The first-order chi connectivity index (χ1) is 7.27. The summed E-state index contributed by atoms with van der Waals surface area (Å²) < 4.78 is 51.6. The van der Waals surface area contributed by atoms with Crippen molar-refractivity contribution in [2.75, 3.05) is 12.8 Å². The Labute approximate surface area is 90.3 Å². The fourth-order valence-corrected chi connectivity index (χ4v) is 1.69. The number of rotatable bonds is 3. The Morgan fingerprint density at radius 3 is 2.44 bits per heavy atom.